The molecule has 0 aliphatic carbocycles. The number of ether oxygens (including phenoxy) is 1. The van der Waals surface area contributed by atoms with Gasteiger partial charge >= 0.3 is 5.97 Å². The van der Waals surface area contributed by atoms with Gasteiger partial charge < -0.3 is 14.9 Å². The molecular weight excluding hydrogens is 274 g/mol. The minimum atomic E-state index is -0.813. The summed E-state index contributed by atoms with van der Waals surface area (Å²) in [6, 6.07) is 0. The summed E-state index contributed by atoms with van der Waals surface area (Å²) in [6.07, 6.45) is 5.92. The van der Waals surface area contributed by atoms with Gasteiger partial charge in [-0.3, -0.25) is 14.4 Å². The van der Waals surface area contributed by atoms with Gasteiger partial charge in [-0.25, -0.2) is 0 Å². The van der Waals surface area contributed by atoms with E-state index in [1.165, 1.54) is 0 Å². The highest BCUT2D eigenvalue weighted by Crippen LogP contribution is 2.16. The number of aliphatic carboxylic acids is 1. The molecule has 2 heterocycles. The molecule has 0 aromatic carbocycles. The average molecular weight is 297 g/mol. The van der Waals surface area contributed by atoms with E-state index in [0.29, 0.717) is 13.2 Å². The number of nitrogens with zero attached hydrogens (tertiary/aromatic N) is 3. The third-order valence-corrected chi connectivity index (χ3v) is 3.63. The first-order valence-corrected chi connectivity index (χ1v) is 7.35. The van der Waals surface area contributed by atoms with Gasteiger partial charge in [-0.2, -0.15) is 5.10 Å². The summed E-state index contributed by atoms with van der Waals surface area (Å²) < 4.78 is 7.32. The second-order valence-electron chi connectivity index (χ2n) is 5.33. The molecule has 1 aromatic rings. The molecule has 0 unspecified atom stereocenters. The molecule has 0 saturated carbocycles. The summed E-state index contributed by atoms with van der Waals surface area (Å²) in [5.41, 5.74) is 1.15. The van der Waals surface area contributed by atoms with E-state index >= 15 is 0 Å². The lowest BCUT2D eigenvalue weighted by Gasteiger charge is -2.31. The number of aliphatic hydroxyl groups excluding tert-OH is 1. The van der Waals surface area contributed by atoms with Crippen molar-refractivity contribution in [1.82, 2.24) is 14.7 Å². The van der Waals surface area contributed by atoms with E-state index in [4.69, 9.17) is 14.9 Å². The third-order valence-electron chi connectivity index (χ3n) is 3.63. The summed E-state index contributed by atoms with van der Waals surface area (Å²) in [4.78, 5) is 12.8. The number of carboxylic acids is 1. The first kappa shape index (κ1) is 15.9. The van der Waals surface area contributed by atoms with Crippen LogP contribution in [0.3, 0.4) is 0 Å². The molecular formula is C14H23N3O4. The Hall–Kier alpha value is -1.44. The molecule has 1 saturated heterocycles. The number of aliphatic hydroxyl groups is 1. The van der Waals surface area contributed by atoms with Crippen molar-refractivity contribution in [1.29, 1.82) is 0 Å². The van der Waals surface area contributed by atoms with Crippen LogP contribution in [0.25, 0.3) is 0 Å². The van der Waals surface area contributed by atoms with Crippen LogP contribution in [-0.2, 0) is 22.6 Å². The van der Waals surface area contributed by atoms with Gasteiger partial charge in [0, 0.05) is 31.4 Å². The van der Waals surface area contributed by atoms with Crippen LogP contribution in [0.1, 0.15) is 24.8 Å². The van der Waals surface area contributed by atoms with Crippen molar-refractivity contribution < 1.29 is 19.7 Å². The van der Waals surface area contributed by atoms with Gasteiger partial charge in [0.15, 0.2) is 0 Å². The van der Waals surface area contributed by atoms with E-state index < -0.39 is 5.97 Å². The first-order valence-electron chi connectivity index (χ1n) is 7.35. The van der Waals surface area contributed by atoms with E-state index in [-0.39, 0.29) is 19.1 Å². The summed E-state index contributed by atoms with van der Waals surface area (Å²) in [6.45, 7) is 3.67. The van der Waals surface area contributed by atoms with Crippen LogP contribution in [0.15, 0.2) is 12.4 Å². The molecule has 0 spiro atoms. The van der Waals surface area contributed by atoms with Crippen LogP contribution in [-0.4, -0.2) is 63.3 Å². The second kappa shape index (κ2) is 8.11. The second-order valence-corrected chi connectivity index (χ2v) is 5.33. The Morgan fingerprint density at radius 1 is 1.43 bits per heavy atom. The Balaban J connectivity index is 1.67. The maximum absolute atomic E-state index is 10.4. The van der Waals surface area contributed by atoms with Gasteiger partial charge in [-0.15, -0.1) is 0 Å². The lowest BCUT2D eigenvalue weighted by molar-refractivity contribution is -0.138. The molecule has 1 aromatic heterocycles. The zero-order valence-corrected chi connectivity index (χ0v) is 12.1. The van der Waals surface area contributed by atoms with Crippen LogP contribution in [0.4, 0.5) is 0 Å². The Morgan fingerprint density at radius 3 is 2.86 bits per heavy atom. The van der Waals surface area contributed by atoms with Gasteiger partial charge in [0.05, 0.1) is 38.5 Å². The van der Waals surface area contributed by atoms with Crippen LogP contribution in [0, 0.1) is 0 Å². The van der Waals surface area contributed by atoms with Crippen molar-refractivity contribution in [3.05, 3.63) is 18.0 Å². The van der Waals surface area contributed by atoms with Gasteiger partial charge in [0.2, 0.25) is 0 Å². The number of rotatable bonds is 8. The molecule has 118 valence electrons. The predicted molar refractivity (Wildman–Crippen MR) is 75.8 cm³/mol. The SMILES string of the molecule is O=C(O)CCOC1CCN(Cc2cnn(CCO)c2)CC1. The average Bonchev–Trinajstić information content (AvgIpc) is 2.88. The largest absolute Gasteiger partial charge is 0.481 e. The highest BCUT2D eigenvalue weighted by molar-refractivity contribution is 5.66. The van der Waals surface area contributed by atoms with Crippen molar-refractivity contribution >= 4 is 5.97 Å². The molecule has 0 bridgehead atoms. The molecule has 0 amide bonds. The van der Waals surface area contributed by atoms with E-state index in [1.807, 2.05) is 12.4 Å². The van der Waals surface area contributed by atoms with Crippen molar-refractivity contribution in [2.75, 3.05) is 26.3 Å². The molecule has 2 rings (SSSR count). The number of hydrogen-bond donors (Lipinski definition) is 2. The zero-order valence-electron chi connectivity index (χ0n) is 12.1. The topological polar surface area (TPSA) is 87.8 Å². The number of carbonyl (C=O) groups is 1. The maximum atomic E-state index is 10.4. The first-order chi connectivity index (χ1) is 10.2. The van der Waals surface area contributed by atoms with Gasteiger partial charge in [-0.1, -0.05) is 0 Å². The highest BCUT2D eigenvalue weighted by Gasteiger charge is 2.20. The molecule has 7 heteroatoms. The fraction of sp³-hybridized carbons (Fsp3) is 0.714. The van der Waals surface area contributed by atoms with E-state index in [9.17, 15) is 4.79 Å². The van der Waals surface area contributed by atoms with Crippen LogP contribution in [0.5, 0.6) is 0 Å². The number of piperidine rings is 1. The molecule has 7 nitrogen and oxygen atoms in total. The molecule has 2 N–H and O–H groups in total. The minimum Gasteiger partial charge on any atom is -0.481 e. The maximum Gasteiger partial charge on any atom is 0.305 e. The fourth-order valence-electron chi connectivity index (χ4n) is 2.52. The van der Waals surface area contributed by atoms with Gasteiger partial charge in [0.1, 0.15) is 0 Å². The smallest absolute Gasteiger partial charge is 0.305 e. The molecule has 1 aliphatic rings. The number of carboxylic acid groups (broad SMARTS) is 1. The van der Waals surface area contributed by atoms with Crippen molar-refractivity contribution in [3.63, 3.8) is 0 Å². The van der Waals surface area contributed by atoms with Gasteiger partial charge in [0.25, 0.3) is 0 Å². The van der Waals surface area contributed by atoms with Crippen LogP contribution < -0.4 is 0 Å². The summed E-state index contributed by atoms with van der Waals surface area (Å²) in [5, 5.41) is 21.6. The summed E-state index contributed by atoms with van der Waals surface area (Å²) >= 11 is 0. The summed E-state index contributed by atoms with van der Waals surface area (Å²) in [7, 11) is 0. The predicted octanol–water partition coefficient (Wildman–Crippen LogP) is 0.331. The van der Waals surface area contributed by atoms with Crippen molar-refractivity contribution in [2.45, 2.75) is 38.5 Å². The molecule has 0 radical (unpaired) electrons. The number of aromatic nitrogens is 2. The highest BCUT2D eigenvalue weighted by atomic mass is 16.5. The molecule has 21 heavy (non-hydrogen) atoms. The lowest BCUT2D eigenvalue weighted by Crippen LogP contribution is -2.36. The fourth-order valence-corrected chi connectivity index (χ4v) is 2.52. The molecule has 1 aliphatic heterocycles. The van der Waals surface area contributed by atoms with Gasteiger partial charge in [-0.05, 0) is 12.8 Å². The standard InChI is InChI=1S/C14H23N3O4/c18-7-6-17-11-12(9-15-17)10-16-4-1-13(2-5-16)21-8-3-14(19)20/h9,11,13,18H,1-8,10H2,(H,19,20). The van der Waals surface area contributed by atoms with Crippen molar-refractivity contribution in [2.24, 2.45) is 0 Å². The van der Waals surface area contributed by atoms with E-state index in [1.54, 1.807) is 4.68 Å². The van der Waals surface area contributed by atoms with Crippen molar-refractivity contribution in [3.8, 4) is 0 Å². The minimum absolute atomic E-state index is 0.0737. The summed E-state index contributed by atoms with van der Waals surface area (Å²) in [5.74, 6) is -0.813. The van der Waals surface area contributed by atoms with E-state index in [2.05, 4.69) is 10.00 Å². The Morgan fingerprint density at radius 2 is 2.19 bits per heavy atom. The zero-order chi connectivity index (χ0) is 15.1. The molecule has 0 atom stereocenters. The Bertz CT molecular complexity index is 441. The molecule has 1 fully saturated rings. The lowest BCUT2D eigenvalue weighted by atomic mass is 10.1. The monoisotopic (exact) mass is 297 g/mol. The quantitative estimate of drug-likeness (QED) is 0.719. The normalized spacial score (nSPS) is 17.2. The van der Waals surface area contributed by atoms with E-state index in [0.717, 1.165) is 38.0 Å². The Kier molecular flexibility index (Phi) is 6.16. The number of hydrogen-bond acceptors (Lipinski definition) is 5. The Labute approximate surface area is 124 Å². The third kappa shape index (κ3) is 5.45. The van der Waals surface area contributed by atoms with Crippen LogP contribution in [0.2, 0.25) is 0 Å². The van der Waals surface area contributed by atoms with Crippen LogP contribution >= 0.6 is 0 Å². The number of likely N-dealkylation sites (tertiary alicyclic amines) is 1.